The molecule has 0 aliphatic carbocycles. The Morgan fingerprint density at radius 2 is 1.89 bits per heavy atom. The summed E-state index contributed by atoms with van der Waals surface area (Å²) in [5.74, 6) is 1.87. The fraction of sp³-hybridized carbons (Fsp3) is 0.294. The molecule has 2 aromatic rings. The number of hydrogen-bond acceptors (Lipinski definition) is 2. The minimum atomic E-state index is 0.659. The number of fused-ring (bicyclic) bond motifs is 1. The summed E-state index contributed by atoms with van der Waals surface area (Å²) in [5, 5.41) is 3.59. The van der Waals surface area contributed by atoms with Crippen LogP contribution in [-0.4, -0.2) is 12.3 Å². The van der Waals surface area contributed by atoms with Crippen LogP contribution in [0.1, 0.15) is 22.6 Å². The van der Waals surface area contributed by atoms with Gasteiger partial charge in [0.1, 0.15) is 0 Å². The summed E-state index contributed by atoms with van der Waals surface area (Å²) in [6.07, 6.45) is 0. The average Bonchev–Trinajstić information content (AvgIpc) is 2.85. The third-order valence-electron chi connectivity index (χ3n) is 3.64. The molecule has 1 heterocycles. The predicted octanol–water partition coefficient (Wildman–Crippen LogP) is 3.97. The summed E-state index contributed by atoms with van der Waals surface area (Å²) in [5.41, 5.74) is 4.21. The summed E-state index contributed by atoms with van der Waals surface area (Å²) in [4.78, 5) is 1.46. The standard InChI is InChI=1S/C17H19NS/c1-13-6-8-14(9-7-13)10-18-11-15-12-19-17-5-3-2-4-16(15)17/h2-9,15,18H,10-12H2,1H3. The van der Waals surface area contributed by atoms with Crippen LogP contribution < -0.4 is 5.32 Å². The molecule has 0 saturated carbocycles. The van der Waals surface area contributed by atoms with Crippen LogP contribution in [0.2, 0.25) is 0 Å². The first-order valence-corrected chi connectivity index (χ1v) is 7.79. The van der Waals surface area contributed by atoms with Crippen molar-refractivity contribution >= 4 is 11.8 Å². The highest BCUT2D eigenvalue weighted by Gasteiger charge is 2.21. The van der Waals surface area contributed by atoms with E-state index in [4.69, 9.17) is 0 Å². The Morgan fingerprint density at radius 3 is 2.74 bits per heavy atom. The lowest BCUT2D eigenvalue weighted by Crippen LogP contribution is -2.21. The summed E-state index contributed by atoms with van der Waals surface area (Å²) < 4.78 is 0. The third kappa shape index (κ3) is 3.02. The van der Waals surface area contributed by atoms with E-state index in [0.717, 1.165) is 13.1 Å². The molecule has 0 amide bonds. The molecule has 2 aromatic carbocycles. The van der Waals surface area contributed by atoms with Gasteiger partial charge in [-0.2, -0.15) is 0 Å². The topological polar surface area (TPSA) is 12.0 Å². The molecule has 3 rings (SSSR count). The van der Waals surface area contributed by atoms with Crippen molar-refractivity contribution < 1.29 is 0 Å². The van der Waals surface area contributed by atoms with Crippen LogP contribution in [0.4, 0.5) is 0 Å². The average molecular weight is 269 g/mol. The maximum absolute atomic E-state index is 3.59. The van der Waals surface area contributed by atoms with Gasteiger partial charge < -0.3 is 5.32 Å². The number of nitrogens with one attached hydrogen (secondary N) is 1. The first kappa shape index (κ1) is 12.8. The Labute approximate surface area is 119 Å². The predicted molar refractivity (Wildman–Crippen MR) is 82.8 cm³/mol. The summed E-state index contributed by atoms with van der Waals surface area (Å²) in [7, 11) is 0. The van der Waals surface area contributed by atoms with Crippen LogP contribution in [0.3, 0.4) is 0 Å². The van der Waals surface area contributed by atoms with E-state index in [2.05, 4.69) is 60.8 Å². The Hall–Kier alpha value is -1.25. The van der Waals surface area contributed by atoms with Crippen LogP contribution in [0.15, 0.2) is 53.4 Å². The van der Waals surface area contributed by atoms with Gasteiger partial charge in [-0.05, 0) is 24.1 Å². The molecule has 1 aliphatic heterocycles. The number of thioether (sulfide) groups is 1. The van der Waals surface area contributed by atoms with Gasteiger partial charge in [0.2, 0.25) is 0 Å². The highest BCUT2D eigenvalue weighted by atomic mass is 32.2. The second-order valence-corrected chi connectivity index (χ2v) is 6.22. The van der Waals surface area contributed by atoms with Crippen molar-refractivity contribution in [2.24, 2.45) is 0 Å². The Morgan fingerprint density at radius 1 is 1.11 bits per heavy atom. The van der Waals surface area contributed by atoms with Crippen LogP contribution in [-0.2, 0) is 6.54 Å². The maximum atomic E-state index is 3.59. The van der Waals surface area contributed by atoms with Gasteiger partial charge in [0.15, 0.2) is 0 Å². The zero-order chi connectivity index (χ0) is 13.1. The fourth-order valence-electron chi connectivity index (χ4n) is 2.49. The molecule has 1 aliphatic rings. The first-order chi connectivity index (χ1) is 9.33. The van der Waals surface area contributed by atoms with E-state index in [-0.39, 0.29) is 0 Å². The molecule has 0 spiro atoms. The number of rotatable bonds is 4. The second-order valence-electron chi connectivity index (χ2n) is 5.16. The van der Waals surface area contributed by atoms with Gasteiger partial charge in [-0.25, -0.2) is 0 Å². The lowest BCUT2D eigenvalue weighted by molar-refractivity contribution is 0.621. The SMILES string of the molecule is Cc1ccc(CNCC2CSc3ccccc32)cc1. The molecule has 0 saturated heterocycles. The van der Waals surface area contributed by atoms with E-state index in [1.807, 2.05) is 11.8 Å². The van der Waals surface area contributed by atoms with Gasteiger partial charge in [0, 0.05) is 29.7 Å². The van der Waals surface area contributed by atoms with Crippen molar-refractivity contribution in [3.8, 4) is 0 Å². The Balaban J connectivity index is 1.55. The molecule has 19 heavy (non-hydrogen) atoms. The van der Waals surface area contributed by atoms with Gasteiger partial charge in [-0.15, -0.1) is 11.8 Å². The number of benzene rings is 2. The molecular weight excluding hydrogens is 250 g/mol. The Kier molecular flexibility index (Phi) is 3.90. The van der Waals surface area contributed by atoms with Gasteiger partial charge in [0.05, 0.1) is 0 Å². The van der Waals surface area contributed by atoms with Gasteiger partial charge >= 0.3 is 0 Å². The van der Waals surface area contributed by atoms with Crippen molar-refractivity contribution in [3.63, 3.8) is 0 Å². The highest BCUT2D eigenvalue weighted by molar-refractivity contribution is 7.99. The summed E-state index contributed by atoms with van der Waals surface area (Å²) in [6, 6.07) is 17.6. The molecule has 1 nitrogen and oxygen atoms in total. The largest absolute Gasteiger partial charge is 0.312 e. The molecule has 98 valence electrons. The normalized spacial score (nSPS) is 17.4. The summed E-state index contributed by atoms with van der Waals surface area (Å²) in [6.45, 7) is 4.16. The third-order valence-corrected chi connectivity index (χ3v) is 4.89. The zero-order valence-corrected chi connectivity index (χ0v) is 12.0. The van der Waals surface area contributed by atoms with Crippen molar-refractivity contribution in [2.75, 3.05) is 12.3 Å². The number of hydrogen-bond donors (Lipinski definition) is 1. The van der Waals surface area contributed by atoms with Crippen molar-refractivity contribution in [1.29, 1.82) is 0 Å². The van der Waals surface area contributed by atoms with Gasteiger partial charge in [-0.3, -0.25) is 0 Å². The van der Waals surface area contributed by atoms with E-state index in [0.29, 0.717) is 5.92 Å². The molecule has 1 N–H and O–H groups in total. The van der Waals surface area contributed by atoms with Gasteiger partial charge in [-0.1, -0.05) is 48.0 Å². The van der Waals surface area contributed by atoms with Crippen molar-refractivity contribution in [2.45, 2.75) is 24.3 Å². The summed E-state index contributed by atoms with van der Waals surface area (Å²) >= 11 is 1.98. The maximum Gasteiger partial charge on any atom is 0.0205 e. The quantitative estimate of drug-likeness (QED) is 0.901. The minimum absolute atomic E-state index is 0.659. The fourth-order valence-corrected chi connectivity index (χ4v) is 3.75. The zero-order valence-electron chi connectivity index (χ0n) is 11.2. The Bertz CT molecular complexity index is 547. The van der Waals surface area contributed by atoms with E-state index >= 15 is 0 Å². The van der Waals surface area contributed by atoms with Crippen LogP contribution >= 0.6 is 11.8 Å². The molecule has 0 bridgehead atoms. The second kappa shape index (κ2) is 5.81. The minimum Gasteiger partial charge on any atom is -0.312 e. The first-order valence-electron chi connectivity index (χ1n) is 6.81. The van der Waals surface area contributed by atoms with E-state index in [1.54, 1.807) is 0 Å². The molecule has 2 heteroatoms. The van der Waals surface area contributed by atoms with E-state index in [9.17, 15) is 0 Å². The van der Waals surface area contributed by atoms with Crippen LogP contribution in [0.25, 0.3) is 0 Å². The molecule has 1 unspecified atom stereocenters. The van der Waals surface area contributed by atoms with Crippen LogP contribution in [0, 0.1) is 6.92 Å². The highest BCUT2D eigenvalue weighted by Crippen LogP contribution is 2.38. The van der Waals surface area contributed by atoms with E-state index in [1.165, 1.54) is 27.3 Å². The van der Waals surface area contributed by atoms with Crippen molar-refractivity contribution in [1.82, 2.24) is 5.32 Å². The monoisotopic (exact) mass is 269 g/mol. The lowest BCUT2D eigenvalue weighted by atomic mass is 10.0. The van der Waals surface area contributed by atoms with Gasteiger partial charge in [0.25, 0.3) is 0 Å². The molecule has 0 aromatic heterocycles. The number of aryl methyl sites for hydroxylation is 1. The molecule has 0 radical (unpaired) electrons. The smallest absolute Gasteiger partial charge is 0.0205 e. The molecular formula is C17H19NS. The molecule has 0 fully saturated rings. The molecule has 1 atom stereocenters. The van der Waals surface area contributed by atoms with Crippen LogP contribution in [0.5, 0.6) is 0 Å². The van der Waals surface area contributed by atoms with Crippen molar-refractivity contribution in [3.05, 3.63) is 65.2 Å². The van der Waals surface area contributed by atoms with E-state index < -0.39 is 0 Å². The lowest BCUT2D eigenvalue weighted by Gasteiger charge is -2.12.